The quantitative estimate of drug-likeness (QED) is 0.169. The van der Waals surface area contributed by atoms with Crippen molar-refractivity contribution in [1.82, 2.24) is 9.13 Å². The van der Waals surface area contributed by atoms with Crippen molar-refractivity contribution < 1.29 is 0 Å². The Kier molecular flexibility index (Phi) is 7.71. The molecule has 0 saturated carbocycles. The molecule has 0 atom stereocenters. The molecule has 0 aliphatic carbocycles. The highest BCUT2D eigenvalue weighted by Gasteiger charge is 2.16. The van der Waals surface area contributed by atoms with Gasteiger partial charge in [-0.3, -0.25) is 0 Å². The van der Waals surface area contributed by atoms with Crippen LogP contribution in [-0.2, 0) is 0 Å². The van der Waals surface area contributed by atoms with Crippen LogP contribution < -0.4 is 10.6 Å². The summed E-state index contributed by atoms with van der Waals surface area (Å²) in [5.74, 6) is 0. The Balaban J connectivity index is 1.24. The van der Waals surface area contributed by atoms with E-state index >= 15 is 0 Å². The SMILES string of the molecule is C/C=c1\c(=C/CC)n(-c2cccc(-c3ccccc3)c2)c2ccc(-c3ccc4c(c3)c3cc(-c5ccccc5)ccc3n4-c3ccccc3)cc12. The molecule has 0 N–H and O–H groups in total. The molecule has 2 nitrogen and oxygen atoms in total. The van der Waals surface area contributed by atoms with Crippen molar-refractivity contribution in [3.8, 4) is 44.8 Å². The average molecular weight is 655 g/mol. The molecule has 0 aliphatic heterocycles. The van der Waals surface area contributed by atoms with Gasteiger partial charge in [0.1, 0.15) is 0 Å². The highest BCUT2D eigenvalue weighted by Crippen LogP contribution is 2.37. The van der Waals surface area contributed by atoms with Crippen molar-refractivity contribution in [1.29, 1.82) is 0 Å². The van der Waals surface area contributed by atoms with E-state index in [0.29, 0.717) is 0 Å². The summed E-state index contributed by atoms with van der Waals surface area (Å²) in [6.45, 7) is 4.38. The smallest absolute Gasteiger partial charge is 0.0541 e. The number of hydrogen-bond acceptors (Lipinski definition) is 0. The predicted molar refractivity (Wildman–Crippen MR) is 218 cm³/mol. The van der Waals surface area contributed by atoms with E-state index < -0.39 is 0 Å². The second kappa shape index (κ2) is 12.8. The van der Waals surface area contributed by atoms with Crippen molar-refractivity contribution in [2.75, 3.05) is 0 Å². The fourth-order valence-electron chi connectivity index (χ4n) is 7.81. The van der Waals surface area contributed by atoms with Gasteiger partial charge in [0.05, 0.1) is 16.6 Å². The fourth-order valence-corrected chi connectivity index (χ4v) is 7.81. The maximum atomic E-state index is 2.44. The molecule has 2 aromatic heterocycles. The van der Waals surface area contributed by atoms with E-state index in [0.717, 1.165) is 6.42 Å². The molecule has 9 rings (SSSR count). The third-order valence-corrected chi connectivity index (χ3v) is 10.2. The van der Waals surface area contributed by atoms with Crippen LogP contribution >= 0.6 is 0 Å². The maximum absolute atomic E-state index is 2.44. The Hall–Kier alpha value is -6.38. The van der Waals surface area contributed by atoms with E-state index in [2.05, 4.69) is 205 Å². The first-order chi connectivity index (χ1) is 25.2. The molecule has 0 bridgehead atoms. The lowest BCUT2D eigenvalue weighted by atomic mass is 9.99. The number of aromatic nitrogens is 2. The molecule has 0 saturated heterocycles. The first-order valence-electron chi connectivity index (χ1n) is 17.9. The topological polar surface area (TPSA) is 9.86 Å². The largest absolute Gasteiger partial charge is 0.310 e. The molecule has 0 spiro atoms. The zero-order valence-corrected chi connectivity index (χ0v) is 28.9. The van der Waals surface area contributed by atoms with E-state index in [4.69, 9.17) is 0 Å². The minimum atomic E-state index is 0.954. The molecule has 2 heterocycles. The summed E-state index contributed by atoms with van der Waals surface area (Å²) in [4.78, 5) is 0. The number of para-hydroxylation sites is 1. The molecule has 9 aromatic rings. The van der Waals surface area contributed by atoms with Gasteiger partial charge in [-0.2, -0.15) is 0 Å². The molecule has 2 heteroatoms. The van der Waals surface area contributed by atoms with Crippen LogP contribution in [0.5, 0.6) is 0 Å². The number of hydrogen-bond donors (Lipinski definition) is 0. The van der Waals surface area contributed by atoms with E-state index in [1.807, 2.05) is 0 Å². The summed E-state index contributed by atoms with van der Waals surface area (Å²) < 4.78 is 4.83. The lowest BCUT2D eigenvalue weighted by Gasteiger charge is -2.11. The molecule has 0 radical (unpaired) electrons. The first-order valence-corrected chi connectivity index (χ1v) is 17.9. The van der Waals surface area contributed by atoms with E-state index in [9.17, 15) is 0 Å². The van der Waals surface area contributed by atoms with Crippen LogP contribution in [0.3, 0.4) is 0 Å². The van der Waals surface area contributed by atoms with Crippen LogP contribution in [-0.4, -0.2) is 9.13 Å². The van der Waals surface area contributed by atoms with Crippen LogP contribution in [0.25, 0.3) is 89.6 Å². The first kappa shape index (κ1) is 30.7. The van der Waals surface area contributed by atoms with E-state index in [1.54, 1.807) is 0 Å². The molecule has 0 fully saturated rings. The van der Waals surface area contributed by atoms with Gasteiger partial charge in [0.15, 0.2) is 0 Å². The zero-order chi connectivity index (χ0) is 34.3. The van der Waals surface area contributed by atoms with Crippen LogP contribution in [0.4, 0.5) is 0 Å². The standard InChI is InChI=1S/C49H38N2/c1-3-15-46-42(4-2)43-32-38(25-28-47(43)51(46)41-23-14-20-36(30-41)34-16-8-5-9-17-34)39-26-29-49-45(33-39)44-31-37(35-18-10-6-11-19-35)24-27-48(44)50(49)40-21-12-7-13-22-40/h4-33H,3H2,1-2H3/b42-4-,46-15+. The van der Waals surface area contributed by atoms with Gasteiger partial charge in [-0.1, -0.05) is 128 Å². The average Bonchev–Trinajstić information content (AvgIpc) is 3.70. The van der Waals surface area contributed by atoms with Crippen molar-refractivity contribution in [3.05, 3.63) is 180 Å². The fraction of sp³-hybridized carbons (Fsp3) is 0.0612. The molecule has 51 heavy (non-hydrogen) atoms. The zero-order valence-electron chi connectivity index (χ0n) is 28.9. The van der Waals surface area contributed by atoms with Crippen molar-refractivity contribution in [3.63, 3.8) is 0 Å². The van der Waals surface area contributed by atoms with Crippen LogP contribution in [0, 0.1) is 0 Å². The Morgan fingerprint density at radius 3 is 1.41 bits per heavy atom. The van der Waals surface area contributed by atoms with Gasteiger partial charge in [0, 0.05) is 38.1 Å². The van der Waals surface area contributed by atoms with Gasteiger partial charge >= 0.3 is 0 Å². The highest BCUT2D eigenvalue weighted by molar-refractivity contribution is 6.11. The molecule has 244 valence electrons. The van der Waals surface area contributed by atoms with Crippen molar-refractivity contribution in [2.45, 2.75) is 20.3 Å². The molecule has 0 unspecified atom stereocenters. The number of benzene rings is 7. The van der Waals surface area contributed by atoms with Gasteiger partial charge in [-0.15, -0.1) is 0 Å². The van der Waals surface area contributed by atoms with E-state index in [1.165, 1.54) is 88.0 Å². The normalized spacial score (nSPS) is 12.4. The van der Waals surface area contributed by atoms with Gasteiger partial charge in [0.2, 0.25) is 0 Å². The van der Waals surface area contributed by atoms with Crippen LogP contribution in [0.15, 0.2) is 170 Å². The van der Waals surface area contributed by atoms with E-state index in [-0.39, 0.29) is 0 Å². The third-order valence-electron chi connectivity index (χ3n) is 10.2. The lowest BCUT2D eigenvalue weighted by Crippen LogP contribution is -2.28. The molecular formula is C49H38N2. The number of nitrogens with zero attached hydrogens (tertiary/aromatic N) is 2. The van der Waals surface area contributed by atoms with Crippen LogP contribution in [0.2, 0.25) is 0 Å². The monoisotopic (exact) mass is 654 g/mol. The van der Waals surface area contributed by atoms with Gasteiger partial charge in [0.25, 0.3) is 0 Å². The Labute approximate surface area is 298 Å². The second-order valence-corrected chi connectivity index (χ2v) is 13.2. The minimum absolute atomic E-state index is 0.954. The summed E-state index contributed by atoms with van der Waals surface area (Å²) in [7, 11) is 0. The molecule has 0 aliphatic rings. The lowest BCUT2D eigenvalue weighted by molar-refractivity contribution is 1.06. The number of rotatable bonds is 6. The summed E-state index contributed by atoms with van der Waals surface area (Å²) in [6, 6.07) is 61.8. The summed E-state index contributed by atoms with van der Waals surface area (Å²) in [5, 5.41) is 6.28. The van der Waals surface area contributed by atoms with Crippen LogP contribution in [0.1, 0.15) is 20.3 Å². The third kappa shape index (κ3) is 5.28. The summed E-state index contributed by atoms with van der Waals surface area (Å²) >= 11 is 0. The second-order valence-electron chi connectivity index (χ2n) is 13.2. The van der Waals surface area contributed by atoms with Crippen molar-refractivity contribution >= 4 is 44.9 Å². The van der Waals surface area contributed by atoms with Gasteiger partial charge < -0.3 is 9.13 Å². The van der Waals surface area contributed by atoms with Gasteiger partial charge in [-0.05, 0) is 107 Å². The predicted octanol–water partition coefficient (Wildman–Crippen LogP) is 11.7. The Morgan fingerprint density at radius 1 is 0.412 bits per heavy atom. The Bertz CT molecular complexity index is 2820. The number of fused-ring (bicyclic) bond motifs is 4. The summed E-state index contributed by atoms with van der Waals surface area (Å²) in [6.07, 6.45) is 5.58. The Morgan fingerprint density at radius 2 is 0.863 bits per heavy atom. The summed E-state index contributed by atoms with van der Waals surface area (Å²) in [5.41, 5.74) is 13.3. The highest BCUT2D eigenvalue weighted by atomic mass is 15.0. The molecular weight excluding hydrogens is 617 g/mol. The molecule has 0 amide bonds. The molecule has 7 aromatic carbocycles. The maximum Gasteiger partial charge on any atom is 0.0541 e. The minimum Gasteiger partial charge on any atom is -0.310 e. The van der Waals surface area contributed by atoms with Gasteiger partial charge in [-0.25, -0.2) is 0 Å². The van der Waals surface area contributed by atoms with Crippen molar-refractivity contribution in [2.24, 2.45) is 0 Å².